The Labute approximate surface area is 221 Å². The number of hydrogen-bond acceptors (Lipinski definition) is 4. The van der Waals surface area contributed by atoms with Crippen molar-refractivity contribution in [3.05, 3.63) is 65.7 Å². The van der Waals surface area contributed by atoms with Crippen LogP contribution in [0.2, 0.25) is 0 Å². The van der Waals surface area contributed by atoms with Crippen molar-refractivity contribution < 1.29 is 14.3 Å². The Morgan fingerprint density at radius 1 is 0.757 bits per heavy atom. The molecule has 0 aliphatic carbocycles. The Morgan fingerprint density at radius 3 is 2.00 bits per heavy atom. The lowest BCUT2D eigenvalue weighted by atomic mass is 9.88. The molecule has 2 aromatic carbocycles. The van der Waals surface area contributed by atoms with Crippen molar-refractivity contribution >= 4 is 11.8 Å². The molecule has 0 atom stereocenters. The first-order valence-electron chi connectivity index (χ1n) is 14.1. The van der Waals surface area contributed by atoms with E-state index in [1.807, 2.05) is 29.2 Å². The molecule has 3 fully saturated rings. The summed E-state index contributed by atoms with van der Waals surface area (Å²) in [4.78, 5) is 32.8. The minimum Gasteiger partial charge on any atom is -0.497 e. The summed E-state index contributed by atoms with van der Waals surface area (Å²) in [7, 11) is 1.64. The summed E-state index contributed by atoms with van der Waals surface area (Å²) in [6, 6.07) is 18.6. The third-order valence-corrected chi connectivity index (χ3v) is 8.78. The van der Waals surface area contributed by atoms with Gasteiger partial charge in [0.15, 0.2) is 0 Å². The SMILES string of the molecule is COc1ccc(C(=O)N2CCC(N3CCC(C(=O)N4CCC(Cc5ccccc5)CC4)CC3)CC2)cc1. The molecule has 3 saturated heterocycles. The zero-order valence-corrected chi connectivity index (χ0v) is 22.2. The van der Waals surface area contributed by atoms with Gasteiger partial charge in [-0.1, -0.05) is 30.3 Å². The summed E-state index contributed by atoms with van der Waals surface area (Å²) in [5.41, 5.74) is 2.14. The lowest BCUT2D eigenvalue weighted by Crippen LogP contribution is -2.51. The molecule has 0 N–H and O–H groups in total. The van der Waals surface area contributed by atoms with Crippen LogP contribution < -0.4 is 4.74 Å². The Morgan fingerprint density at radius 2 is 1.38 bits per heavy atom. The van der Waals surface area contributed by atoms with Crippen LogP contribution >= 0.6 is 0 Å². The molecule has 37 heavy (non-hydrogen) atoms. The van der Waals surface area contributed by atoms with E-state index in [1.165, 1.54) is 5.56 Å². The van der Waals surface area contributed by atoms with Crippen molar-refractivity contribution in [1.29, 1.82) is 0 Å². The van der Waals surface area contributed by atoms with E-state index < -0.39 is 0 Å². The number of benzene rings is 2. The summed E-state index contributed by atoms with van der Waals surface area (Å²) >= 11 is 0. The standard InChI is InChI=1S/C31H41N3O3/c1-37-29-9-7-26(8-10-29)30(35)34-21-15-28(16-22-34)32-19-13-27(14-20-32)31(36)33-17-11-25(12-18-33)23-24-5-3-2-4-6-24/h2-10,25,27-28H,11-23H2,1H3. The highest BCUT2D eigenvalue weighted by Gasteiger charge is 2.34. The van der Waals surface area contributed by atoms with E-state index in [4.69, 9.17) is 4.74 Å². The second-order valence-electron chi connectivity index (χ2n) is 11.0. The van der Waals surface area contributed by atoms with Crippen LogP contribution in [0.25, 0.3) is 0 Å². The summed E-state index contributed by atoms with van der Waals surface area (Å²) in [5, 5.41) is 0. The van der Waals surface area contributed by atoms with Crippen LogP contribution in [-0.4, -0.2) is 78.9 Å². The van der Waals surface area contributed by atoms with Crippen molar-refractivity contribution in [3.63, 3.8) is 0 Å². The molecule has 6 nitrogen and oxygen atoms in total. The molecule has 2 aromatic rings. The van der Waals surface area contributed by atoms with Gasteiger partial charge >= 0.3 is 0 Å². The lowest BCUT2D eigenvalue weighted by molar-refractivity contribution is -0.138. The number of piperidine rings is 3. The largest absolute Gasteiger partial charge is 0.497 e. The van der Waals surface area contributed by atoms with Gasteiger partial charge in [0.1, 0.15) is 5.75 Å². The Kier molecular flexibility index (Phi) is 8.45. The lowest BCUT2D eigenvalue weighted by Gasteiger charge is -2.42. The number of amides is 2. The van der Waals surface area contributed by atoms with E-state index in [9.17, 15) is 9.59 Å². The second-order valence-corrected chi connectivity index (χ2v) is 11.0. The molecule has 0 aromatic heterocycles. The van der Waals surface area contributed by atoms with Crippen molar-refractivity contribution in [2.24, 2.45) is 11.8 Å². The third kappa shape index (κ3) is 6.35. The van der Waals surface area contributed by atoms with Gasteiger partial charge in [-0.2, -0.15) is 0 Å². The molecule has 0 spiro atoms. The molecule has 3 heterocycles. The highest BCUT2D eigenvalue weighted by atomic mass is 16.5. The zero-order valence-electron chi connectivity index (χ0n) is 22.2. The van der Waals surface area contributed by atoms with Gasteiger partial charge in [0.25, 0.3) is 5.91 Å². The minimum atomic E-state index is 0.109. The quantitative estimate of drug-likeness (QED) is 0.583. The van der Waals surface area contributed by atoms with Gasteiger partial charge in [-0.15, -0.1) is 0 Å². The number of hydrogen-bond donors (Lipinski definition) is 0. The average Bonchev–Trinajstić information content (AvgIpc) is 2.97. The number of methoxy groups -OCH3 is 1. The number of carbonyl (C=O) groups excluding carboxylic acids is 2. The molecule has 2 amide bonds. The molecule has 3 aliphatic heterocycles. The zero-order chi connectivity index (χ0) is 25.6. The fourth-order valence-electron chi connectivity index (χ4n) is 6.42. The molecule has 0 saturated carbocycles. The Balaban J connectivity index is 1.03. The maximum Gasteiger partial charge on any atom is 0.253 e. The van der Waals surface area contributed by atoms with Crippen LogP contribution in [0.1, 0.15) is 54.4 Å². The van der Waals surface area contributed by atoms with Gasteiger partial charge in [-0.25, -0.2) is 0 Å². The highest BCUT2D eigenvalue weighted by Crippen LogP contribution is 2.28. The van der Waals surface area contributed by atoms with Crippen LogP contribution in [0.3, 0.4) is 0 Å². The Hall–Kier alpha value is -2.86. The predicted octanol–water partition coefficient (Wildman–Crippen LogP) is 4.49. The van der Waals surface area contributed by atoms with Crippen molar-refractivity contribution in [1.82, 2.24) is 14.7 Å². The summed E-state index contributed by atoms with van der Waals surface area (Å²) in [6.07, 6.45) is 7.32. The van der Waals surface area contributed by atoms with Crippen molar-refractivity contribution in [3.8, 4) is 5.75 Å². The number of ether oxygens (including phenoxy) is 1. The minimum absolute atomic E-state index is 0.109. The molecule has 6 heteroatoms. The maximum atomic E-state index is 13.2. The summed E-state index contributed by atoms with van der Waals surface area (Å²) in [5.74, 6) is 2.13. The molecule has 198 valence electrons. The number of rotatable bonds is 6. The van der Waals surface area contributed by atoms with Crippen LogP contribution in [0.15, 0.2) is 54.6 Å². The molecule has 0 unspecified atom stereocenters. The smallest absolute Gasteiger partial charge is 0.253 e. The van der Waals surface area contributed by atoms with Gasteiger partial charge in [-0.05, 0) is 93.8 Å². The third-order valence-electron chi connectivity index (χ3n) is 8.78. The molecule has 5 rings (SSSR count). The van der Waals surface area contributed by atoms with E-state index in [1.54, 1.807) is 7.11 Å². The van der Waals surface area contributed by atoms with Gasteiger partial charge in [-0.3, -0.25) is 9.59 Å². The first-order valence-corrected chi connectivity index (χ1v) is 14.1. The van der Waals surface area contributed by atoms with E-state index in [0.29, 0.717) is 17.9 Å². The van der Waals surface area contributed by atoms with E-state index in [0.717, 1.165) is 95.5 Å². The van der Waals surface area contributed by atoms with Crippen molar-refractivity contribution in [2.45, 2.75) is 51.0 Å². The number of likely N-dealkylation sites (tertiary alicyclic amines) is 3. The topological polar surface area (TPSA) is 53.1 Å². The maximum absolute atomic E-state index is 13.2. The highest BCUT2D eigenvalue weighted by molar-refractivity contribution is 5.94. The van der Waals surface area contributed by atoms with Gasteiger partial charge in [0.05, 0.1) is 7.11 Å². The second kappa shape index (κ2) is 12.1. The number of carbonyl (C=O) groups is 2. The van der Waals surface area contributed by atoms with Crippen LogP contribution in [-0.2, 0) is 11.2 Å². The summed E-state index contributed by atoms with van der Waals surface area (Å²) < 4.78 is 5.20. The van der Waals surface area contributed by atoms with Gasteiger partial charge < -0.3 is 19.4 Å². The normalized spacial score (nSPS) is 20.7. The van der Waals surface area contributed by atoms with Gasteiger partial charge in [0.2, 0.25) is 5.91 Å². The van der Waals surface area contributed by atoms with Crippen molar-refractivity contribution in [2.75, 3.05) is 46.4 Å². The van der Waals surface area contributed by atoms with Gasteiger partial charge in [0, 0.05) is 43.7 Å². The fraction of sp³-hybridized carbons (Fsp3) is 0.548. The van der Waals surface area contributed by atoms with Crippen LogP contribution in [0.4, 0.5) is 0 Å². The monoisotopic (exact) mass is 503 g/mol. The van der Waals surface area contributed by atoms with E-state index in [2.05, 4.69) is 40.1 Å². The first-order chi connectivity index (χ1) is 18.1. The van der Waals surface area contributed by atoms with Crippen LogP contribution in [0, 0.1) is 11.8 Å². The van der Waals surface area contributed by atoms with E-state index >= 15 is 0 Å². The molecular formula is C31H41N3O3. The molecule has 0 radical (unpaired) electrons. The summed E-state index contributed by atoms with van der Waals surface area (Å²) in [6.45, 7) is 5.42. The van der Waals surface area contributed by atoms with E-state index in [-0.39, 0.29) is 11.8 Å². The number of nitrogens with zero attached hydrogens (tertiary/aromatic N) is 3. The average molecular weight is 504 g/mol. The van der Waals surface area contributed by atoms with Crippen LogP contribution in [0.5, 0.6) is 5.75 Å². The Bertz CT molecular complexity index is 1020. The first kappa shape index (κ1) is 25.8. The molecule has 0 bridgehead atoms. The fourth-order valence-corrected chi connectivity index (χ4v) is 6.42. The predicted molar refractivity (Wildman–Crippen MR) is 146 cm³/mol. The molecule has 3 aliphatic rings. The molecular weight excluding hydrogens is 462 g/mol.